The fraction of sp³-hybridized carbons (Fsp3) is 0.619. The maximum absolute atomic E-state index is 13.0. The molecule has 3 aliphatic rings. The molecule has 2 atom stereocenters. The van der Waals surface area contributed by atoms with Gasteiger partial charge in [-0.1, -0.05) is 6.07 Å². The maximum Gasteiger partial charge on any atom is 0.253 e. The number of ether oxygens (including phenoxy) is 1. The summed E-state index contributed by atoms with van der Waals surface area (Å²) in [6.45, 7) is 4.24. The van der Waals surface area contributed by atoms with Crippen LogP contribution in [0.1, 0.15) is 29.6 Å². The predicted octanol–water partition coefficient (Wildman–Crippen LogP) is 1.71. The Morgan fingerprint density at radius 3 is 2.52 bits per heavy atom. The first kappa shape index (κ1) is 18.3. The highest BCUT2D eigenvalue weighted by Crippen LogP contribution is 2.32. The Labute approximate surface area is 161 Å². The fourth-order valence-corrected chi connectivity index (χ4v) is 4.88. The summed E-state index contributed by atoms with van der Waals surface area (Å²) in [5, 5.41) is 0. The van der Waals surface area contributed by atoms with E-state index in [2.05, 4.69) is 16.8 Å². The van der Waals surface area contributed by atoms with Gasteiger partial charge in [-0.15, -0.1) is 0 Å². The van der Waals surface area contributed by atoms with Gasteiger partial charge in [0.2, 0.25) is 5.91 Å². The summed E-state index contributed by atoms with van der Waals surface area (Å²) < 4.78 is 5.21. The summed E-state index contributed by atoms with van der Waals surface area (Å²) in [7, 11) is 3.77. The fourth-order valence-electron chi connectivity index (χ4n) is 4.88. The largest absolute Gasteiger partial charge is 0.497 e. The first-order valence-corrected chi connectivity index (χ1v) is 9.99. The predicted molar refractivity (Wildman–Crippen MR) is 103 cm³/mol. The maximum atomic E-state index is 13.0. The lowest BCUT2D eigenvalue weighted by atomic mass is 9.94. The van der Waals surface area contributed by atoms with E-state index in [1.165, 1.54) is 6.42 Å². The van der Waals surface area contributed by atoms with Crippen molar-refractivity contribution < 1.29 is 14.3 Å². The number of piperidine rings is 1. The number of amides is 2. The van der Waals surface area contributed by atoms with E-state index in [4.69, 9.17) is 4.74 Å². The molecular formula is C21H29N3O3. The van der Waals surface area contributed by atoms with E-state index in [1.807, 2.05) is 23.1 Å². The van der Waals surface area contributed by atoms with Gasteiger partial charge in [0.25, 0.3) is 5.91 Å². The minimum Gasteiger partial charge on any atom is -0.497 e. The zero-order chi connectivity index (χ0) is 19.0. The van der Waals surface area contributed by atoms with E-state index in [0.29, 0.717) is 42.3 Å². The van der Waals surface area contributed by atoms with Gasteiger partial charge in [0.05, 0.1) is 7.11 Å². The second kappa shape index (κ2) is 7.50. The Morgan fingerprint density at radius 2 is 1.81 bits per heavy atom. The zero-order valence-corrected chi connectivity index (χ0v) is 16.3. The molecule has 2 amide bonds. The number of rotatable bonds is 3. The number of fused-ring (bicyclic) bond motifs is 1. The number of carbonyl (C=O) groups excluding carboxylic acids is 2. The number of benzene rings is 1. The highest BCUT2D eigenvalue weighted by molar-refractivity contribution is 5.94. The van der Waals surface area contributed by atoms with Crippen LogP contribution in [-0.4, -0.2) is 79.4 Å². The van der Waals surface area contributed by atoms with Crippen LogP contribution in [0.2, 0.25) is 0 Å². The molecule has 4 rings (SSSR count). The van der Waals surface area contributed by atoms with Gasteiger partial charge in [-0.2, -0.15) is 0 Å². The van der Waals surface area contributed by atoms with Gasteiger partial charge in [-0.3, -0.25) is 9.59 Å². The molecule has 0 aromatic heterocycles. The molecule has 146 valence electrons. The number of hydrogen-bond acceptors (Lipinski definition) is 4. The van der Waals surface area contributed by atoms with Crippen LogP contribution in [0.3, 0.4) is 0 Å². The van der Waals surface area contributed by atoms with Crippen molar-refractivity contribution in [3.8, 4) is 5.75 Å². The molecule has 3 aliphatic heterocycles. The summed E-state index contributed by atoms with van der Waals surface area (Å²) >= 11 is 0. The Bertz CT molecular complexity index is 714. The van der Waals surface area contributed by atoms with E-state index < -0.39 is 0 Å². The standard InChI is InChI=1S/C21H29N3O3/c1-22-9-6-17-13-24(14-19(17)22)20(25)15-7-10-23(11-8-15)21(26)16-4-3-5-18(12-16)27-2/h3-5,12,15,17,19H,6-11,13-14H2,1-2H3/t17-,19+/m1/s1. The topological polar surface area (TPSA) is 53.1 Å². The van der Waals surface area contributed by atoms with Crippen molar-refractivity contribution in [3.63, 3.8) is 0 Å². The van der Waals surface area contributed by atoms with Crippen molar-refractivity contribution in [3.05, 3.63) is 29.8 Å². The molecule has 27 heavy (non-hydrogen) atoms. The molecular weight excluding hydrogens is 342 g/mol. The molecule has 0 N–H and O–H groups in total. The Morgan fingerprint density at radius 1 is 1.04 bits per heavy atom. The molecule has 6 heteroatoms. The van der Waals surface area contributed by atoms with E-state index in [-0.39, 0.29) is 11.8 Å². The van der Waals surface area contributed by atoms with Gasteiger partial charge in [-0.25, -0.2) is 0 Å². The molecule has 0 saturated carbocycles. The van der Waals surface area contributed by atoms with Crippen molar-refractivity contribution in [2.24, 2.45) is 11.8 Å². The first-order valence-electron chi connectivity index (χ1n) is 9.99. The lowest BCUT2D eigenvalue weighted by Crippen LogP contribution is -2.44. The molecule has 3 fully saturated rings. The lowest BCUT2D eigenvalue weighted by Gasteiger charge is -2.33. The monoisotopic (exact) mass is 371 g/mol. The van der Waals surface area contributed by atoms with E-state index in [0.717, 1.165) is 32.5 Å². The number of likely N-dealkylation sites (tertiary alicyclic amines) is 3. The van der Waals surface area contributed by atoms with Crippen LogP contribution in [0.15, 0.2) is 24.3 Å². The van der Waals surface area contributed by atoms with Crippen LogP contribution in [-0.2, 0) is 4.79 Å². The van der Waals surface area contributed by atoms with E-state index in [9.17, 15) is 9.59 Å². The highest BCUT2D eigenvalue weighted by Gasteiger charge is 2.42. The summed E-state index contributed by atoms with van der Waals surface area (Å²) in [5.74, 6) is 1.72. The van der Waals surface area contributed by atoms with Gasteiger partial charge in [-0.05, 0) is 57.0 Å². The van der Waals surface area contributed by atoms with Crippen LogP contribution in [0, 0.1) is 11.8 Å². The zero-order valence-electron chi connectivity index (χ0n) is 16.3. The van der Waals surface area contributed by atoms with Crippen LogP contribution >= 0.6 is 0 Å². The summed E-state index contributed by atoms with van der Waals surface area (Å²) in [5.41, 5.74) is 0.648. The normalized spacial score (nSPS) is 26.3. The van der Waals surface area contributed by atoms with Gasteiger partial charge in [0.15, 0.2) is 0 Å². The Balaban J connectivity index is 1.32. The number of hydrogen-bond donors (Lipinski definition) is 0. The summed E-state index contributed by atoms with van der Waals surface area (Å²) in [6.07, 6.45) is 2.73. The Hall–Kier alpha value is -2.08. The van der Waals surface area contributed by atoms with Crippen LogP contribution in [0.25, 0.3) is 0 Å². The molecule has 1 aromatic rings. The van der Waals surface area contributed by atoms with Crippen molar-refractivity contribution in [1.29, 1.82) is 0 Å². The first-order chi connectivity index (χ1) is 13.1. The third-order valence-corrected chi connectivity index (χ3v) is 6.59. The van der Waals surface area contributed by atoms with E-state index >= 15 is 0 Å². The molecule has 0 bridgehead atoms. The van der Waals surface area contributed by atoms with Crippen LogP contribution in [0.5, 0.6) is 5.75 Å². The second-order valence-corrected chi connectivity index (χ2v) is 8.14. The van der Waals surface area contributed by atoms with Crippen molar-refractivity contribution >= 4 is 11.8 Å². The summed E-state index contributed by atoms with van der Waals surface area (Å²) in [6, 6.07) is 7.82. The van der Waals surface area contributed by atoms with Crippen molar-refractivity contribution in [2.45, 2.75) is 25.3 Å². The molecule has 3 saturated heterocycles. The molecule has 1 aromatic carbocycles. The number of nitrogens with zero attached hydrogens (tertiary/aromatic N) is 3. The van der Waals surface area contributed by atoms with E-state index in [1.54, 1.807) is 13.2 Å². The molecule has 3 heterocycles. The van der Waals surface area contributed by atoms with Gasteiger partial charge < -0.3 is 19.4 Å². The molecule has 6 nitrogen and oxygen atoms in total. The Kier molecular flexibility index (Phi) is 5.08. The quantitative estimate of drug-likeness (QED) is 0.812. The van der Waals surface area contributed by atoms with Gasteiger partial charge in [0.1, 0.15) is 5.75 Å². The van der Waals surface area contributed by atoms with Crippen LogP contribution < -0.4 is 4.74 Å². The molecule has 0 spiro atoms. The minimum absolute atomic E-state index is 0.0251. The highest BCUT2D eigenvalue weighted by atomic mass is 16.5. The number of carbonyl (C=O) groups is 2. The van der Waals surface area contributed by atoms with Gasteiger partial charge in [0, 0.05) is 43.7 Å². The second-order valence-electron chi connectivity index (χ2n) is 8.14. The summed E-state index contributed by atoms with van der Waals surface area (Å²) in [4.78, 5) is 32.0. The molecule has 0 aliphatic carbocycles. The van der Waals surface area contributed by atoms with Crippen LogP contribution in [0.4, 0.5) is 0 Å². The average molecular weight is 371 g/mol. The molecule has 0 radical (unpaired) electrons. The van der Waals surface area contributed by atoms with Crippen molar-refractivity contribution in [2.75, 3.05) is 46.9 Å². The SMILES string of the molecule is COc1cccc(C(=O)N2CCC(C(=O)N3C[C@H]4CCN(C)[C@H]4C3)CC2)c1. The minimum atomic E-state index is 0.0251. The van der Waals surface area contributed by atoms with Crippen molar-refractivity contribution in [1.82, 2.24) is 14.7 Å². The molecule has 0 unspecified atom stereocenters. The van der Waals surface area contributed by atoms with Gasteiger partial charge >= 0.3 is 0 Å². The lowest BCUT2D eigenvalue weighted by molar-refractivity contribution is -0.136. The number of methoxy groups -OCH3 is 1. The number of likely N-dealkylation sites (N-methyl/N-ethyl adjacent to an activating group) is 1. The average Bonchev–Trinajstić information content (AvgIpc) is 3.29. The third kappa shape index (κ3) is 3.55. The third-order valence-electron chi connectivity index (χ3n) is 6.59. The smallest absolute Gasteiger partial charge is 0.253 e.